The fourth-order valence-corrected chi connectivity index (χ4v) is 2.22. The van der Waals surface area contributed by atoms with Gasteiger partial charge in [0.1, 0.15) is 0 Å². The first-order valence-corrected chi connectivity index (χ1v) is 6.14. The predicted octanol–water partition coefficient (Wildman–Crippen LogP) is 0.312. The molecule has 0 aliphatic carbocycles. The maximum Gasteiger partial charge on any atom is 0.215 e. The summed E-state index contributed by atoms with van der Waals surface area (Å²) in [6.45, 7) is 5.99. The van der Waals surface area contributed by atoms with Crippen molar-refractivity contribution in [3.05, 3.63) is 0 Å². The number of sulfonamides is 1. The summed E-state index contributed by atoms with van der Waals surface area (Å²) >= 11 is 0. The molecule has 0 fully saturated rings. The third-order valence-electron chi connectivity index (χ3n) is 2.00. The zero-order chi connectivity index (χ0) is 10.5. The molecule has 0 radical (unpaired) electrons. The molecule has 0 bridgehead atoms. The van der Waals surface area contributed by atoms with Crippen LogP contribution in [-0.4, -0.2) is 33.3 Å². The van der Waals surface area contributed by atoms with Gasteiger partial charge in [-0.15, -0.1) is 0 Å². The lowest BCUT2D eigenvalue weighted by atomic mass is 10.3. The van der Waals surface area contributed by atoms with E-state index >= 15 is 0 Å². The quantitative estimate of drug-likeness (QED) is 0.660. The lowest BCUT2D eigenvalue weighted by Crippen LogP contribution is -2.41. The first-order valence-electron chi connectivity index (χ1n) is 4.59. The van der Waals surface area contributed by atoms with Crippen molar-refractivity contribution in [2.45, 2.75) is 38.5 Å². The van der Waals surface area contributed by atoms with Crippen LogP contribution < -0.4 is 10.0 Å². The lowest BCUT2D eigenvalue weighted by molar-refractivity contribution is 0.540. The Labute approximate surface area is 81.2 Å². The van der Waals surface area contributed by atoms with E-state index in [4.69, 9.17) is 0 Å². The minimum atomic E-state index is -3.15. The Bertz CT molecular complexity index is 226. The lowest BCUT2D eigenvalue weighted by Gasteiger charge is -2.16. The van der Waals surface area contributed by atoms with Crippen molar-refractivity contribution in [3.63, 3.8) is 0 Å². The zero-order valence-corrected chi connectivity index (χ0v) is 9.61. The molecule has 2 N–H and O–H groups in total. The monoisotopic (exact) mass is 208 g/mol. The second-order valence-electron chi connectivity index (χ2n) is 3.34. The molecule has 0 aromatic carbocycles. The van der Waals surface area contributed by atoms with Gasteiger partial charge in [-0.2, -0.15) is 0 Å². The largest absolute Gasteiger partial charge is 0.318 e. The third-order valence-corrected chi connectivity index (χ3v) is 3.96. The minimum Gasteiger partial charge on any atom is -0.318 e. The van der Waals surface area contributed by atoms with Crippen LogP contribution in [0.4, 0.5) is 0 Å². The van der Waals surface area contributed by atoms with Crippen molar-refractivity contribution in [3.8, 4) is 0 Å². The maximum absolute atomic E-state index is 11.5. The van der Waals surface area contributed by atoms with Gasteiger partial charge in [0, 0.05) is 12.6 Å². The van der Waals surface area contributed by atoms with Gasteiger partial charge in [0.05, 0.1) is 5.25 Å². The molecule has 4 nitrogen and oxygen atoms in total. The molecule has 0 aromatic rings. The van der Waals surface area contributed by atoms with Crippen molar-refractivity contribution < 1.29 is 8.42 Å². The van der Waals surface area contributed by atoms with Crippen LogP contribution in [-0.2, 0) is 10.0 Å². The van der Waals surface area contributed by atoms with E-state index in [0.717, 1.165) is 6.42 Å². The van der Waals surface area contributed by atoms with Crippen molar-refractivity contribution >= 4 is 10.0 Å². The molecule has 80 valence electrons. The summed E-state index contributed by atoms with van der Waals surface area (Å²) in [5, 5.41) is 2.46. The van der Waals surface area contributed by atoms with E-state index in [2.05, 4.69) is 10.0 Å². The first kappa shape index (κ1) is 12.9. The van der Waals surface area contributed by atoms with Crippen LogP contribution in [0.1, 0.15) is 27.2 Å². The van der Waals surface area contributed by atoms with Crippen LogP contribution >= 0.6 is 0 Å². The zero-order valence-electron chi connectivity index (χ0n) is 8.79. The Morgan fingerprint density at radius 1 is 1.31 bits per heavy atom. The Morgan fingerprint density at radius 2 is 1.85 bits per heavy atom. The van der Waals surface area contributed by atoms with Crippen LogP contribution in [0.25, 0.3) is 0 Å². The SMILES string of the molecule is CCC(C)NS(=O)(=O)C(C)CNC. The van der Waals surface area contributed by atoms with Crippen LogP contribution in [0.2, 0.25) is 0 Å². The number of hydrogen-bond donors (Lipinski definition) is 2. The fourth-order valence-electron chi connectivity index (χ4n) is 0.877. The molecule has 0 saturated heterocycles. The third kappa shape index (κ3) is 4.59. The number of hydrogen-bond acceptors (Lipinski definition) is 3. The topological polar surface area (TPSA) is 58.2 Å². The highest BCUT2D eigenvalue weighted by atomic mass is 32.2. The molecule has 0 aromatic heterocycles. The van der Waals surface area contributed by atoms with E-state index < -0.39 is 10.0 Å². The fraction of sp³-hybridized carbons (Fsp3) is 1.00. The molecule has 0 saturated carbocycles. The van der Waals surface area contributed by atoms with Gasteiger partial charge in [0.25, 0.3) is 0 Å². The second-order valence-corrected chi connectivity index (χ2v) is 5.47. The average molecular weight is 208 g/mol. The number of rotatable bonds is 6. The van der Waals surface area contributed by atoms with Crippen molar-refractivity contribution in [2.75, 3.05) is 13.6 Å². The molecule has 0 aliphatic rings. The van der Waals surface area contributed by atoms with Crippen LogP contribution in [0.5, 0.6) is 0 Å². The van der Waals surface area contributed by atoms with E-state index in [0.29, 0.717) is 6.54 Å². The van der Waals surface area contributed by atoms with Crippen LogP contribution in [0.15, 0.2) is 0 Å². The molecule has 0 spiro atoms. The number of nitrogens with one attached hydrogen (secondary N) is 2. The van der Waals surface area contributed by atoms with Crippen LogP contribution in [0, 0.1) is 0 Å². The summed E-state index contributed by atoms with van der Waals surface area (Å²) in [7, 11) is -1.40. The standard InChI is InChI=1S/C8H20N2O2S/c1-5-7(2)10-13(11,12)8(3)6-9-4/h7-10H,5-6H2,1-4H3. The highest BCUT2D eigenvalue weighted by Gasteiger charge is 2.20. The summed E-state index contributed by atoms with van der Waals surface area (Å²) in [5.74, 6) is 0. The molecule has 2 atom stereocenters. The van der Waals surface area contributed by atoms with E-state index in [9.17, 15) is 8.42 Å². The molecule has 13 heavy (non-hydrogen) atoms. The van der Waals surface area contributed by atoms with Gasteiger partial charge < -0.3 is 5.32 Å². The van der Waals surface area contributed by atoms with Crippen molar-refractivity contribution in [1.82, 2.24) is 10.0 Å². The summed E-state index contributed by atoms with van der Waals surface area (Å²) in [5.41, 5.74) is 0. The summed E-state index contributed by atoms with van der Waals surface area (Å²) in [6.07, 6.45) is 0.811. The normalized spacial score (nSPS) is 16.9. The summed E-state index contributed by atoms with van der Waals surface area (Å²) < 4.78 is 25.7. The highest BCUT2D eigenvalue weighted by molar-refractivity contribution is 7.90. The maximum atomic E-state index is 11.5. The molecule has 0 amide bonds. The van der Waals surface area contributed by atoms with Gasteiger partial charge in [-0.25, -0.2) is 13.1 Å². The van der Waals surface area contributed by atoms with Gasteiger partial charge in [-0.05, 0) is 27.3 Å². The molecule has 0 rings (SSSR count). The van der Waals surface area contributed by atoms with E-state index in [1.807, 2.05) is 13.8 Å². The van der Waals surface area contributed by atoms with E-state index in [-0.39, 0.29) is 11.3 Å². The highest BCUT2D eigenvalue weighted by Crippen LogP contribution is 2.00. The second kappa shape index (κ2) is 5.57. The molecule has 2 unspecified atom stereocenters. The Balaban J connectivity index is 4.23. The molecular weight excluding hydrogens is 188 g/mol. The Morgan fingerprint density at radius 3 is 2.23 bits per heavy atom. The molecule has 5 heteroatoms. The van der Waals surface area contributed by atoms with E-state index in [1.54, 1.807) is 14.0 Å². The smallest absolute Gasteiger partial charge is 0.215 e. The summed E-state index contributed by atoms with van der Waals surface area (Å²) in [6, 6.07) is 0.0179. The van der Waals surface area contributed by atoms with Crippen molar-refractivity contribution in [2.24, 2.45) is 0 Å². The van der Waals surface area contributed by atoms with Gasteiger partial charge in [0.15, 0.2) is 0 Å². The molecule has 0 aliphatic heterocycles. The average Bonchev–Trinajstić information content (AvgIpc) is 2.04. The van der Waals surface area contributed by atoms with Gasteiger partial charge in [-0.1, -0.05) is 6.92 Å². The van der Waals surface area contributed by atoms with Gasteiger partial charge in [0.2, 0.25) is 10.0 Å². The summed E-state index contributed by atoms with van der Waals surface area (Å²) in [4.78, 5) is 0. The Kier molecular flexibility index (Phi) is 5.51. The first-order chi connectivity index (χ1) is 5.94. The Hall–Kier alpha value is -0.130. The van der Waals surface area contributed by atoms with Crippen LogP contribution in [0.3, 0.4) is 0 Å². The van der Waals surface area contributed by atoms with Gasteiger partial charge in [-0.3, -0.25) is 0 Å². The molecule has 0 heterocycles. The predicted molar refractivity (Wildman–Crippen MR) is 55.2 cm³/mol. The van der Waals surface area contributed by atoms with E-state index in [1.165, 1.54) is 0 Å². The minimum absolute atomic E-state index is 0.0179. The van der Waals surface area contributed by atoms with Gasteiger partial charge >= 0.3 is 0 Å². The molecular formula is C8H20N2O2S. The van der Waals surface area contributed by atoms with Crippen molar-refractivity contribution in [1.29, 1.82) is 0 Å².